The maximum Gasteiger partial charge on any atom is 0.311 e. The molecular formula is C10H11FN2O2. The van der Waals surface area contributed by atoms with Gasteiger partial charge in [-0.3, -0.25) is 10.1 Å². The number of benzene rings is 1. The largest absolute Gasteiger partial charge is 0.330 e. The van der Waals surface area contributed by atoms with Crippen molar-refractivity contribution in [1.29, 1.82) is 0 Å². The van der Waals surface area contributed by atoms with Crippen LogP contribution in [-0.4, -0.2) is 11.5 Å². The molecule has 0 heterocycles. The first-order valence-corrected chi connectivity index (χ1v) is 4.46. The minimum atomic E-state index is -0.824. The van der Waals surface area contributed by atoms with E-state index in [9.17, 15) is 14.5 Å². The van der Waals surface area contributed by atoms with E-state index in [1.54, 1.807) is 6.08 Å². The molecule has 0 spiro atoms. The molecule has 15 heavy (non-hydrogen) atoms. The van der Waals surface area contributed by atoms with E-state index in [0.717, 1.165) is 6.07 Å². The van der Waals surface area contributed by atoms with Crippen LogP contribution in [-0.2, 0) is 0 Å². The third-order valence-electron chi connectivity index (χ3n) is 1.83. The minimum absolute atomic E-state index is 0.258. The Bertz CT molecular complexity index is 391. The van der Waals surface area contributed by atoms with E-state index in [-0.39, 0.29) is 5.56 Å². The standard InChI is InChI=1S/C10H11FN2O2/c11-9-6-3-5-8(4-1-2-7-12)10(9)13(14)15/h1,3-6H,2,7,12H2. The van der Waals surface area contributed by atoms with Crippen molar-refractivity contribution in [2.75, 3.05) is 6.54 Å². The lowest BCUT2D eigenvalue weighted by molar-refractivity contribution is -0.387. The average molecular weight is 210 g/mol. The molecule has 2 N–H and O–H groups in total. The van der Waals surface area contributed by atoms with E-state index in [2.05, 4.69) is 0 Å². The molecule has 0 saturated heterocycles. The number of nitrogens with zero attached hydrogens (tertiary/aromatic N) is 1. The summed E-state index contributed by atoms with van der Waals surface area (Å²) in [5.41, 5.74) is 5.02. The van der Waals surface area contributed by atoms with Crippen LogP contribution in [0.15, 0.2) is 24.3 Å². The highest BCUT2D eigenvalue weighted by Crippen LogP contribution is 2.23. The summed E-state index contributed by atoms with van der Waals surface area (Å²) in [6.07, 6.45) is 3.80. The highest BCUT2D eigenvalue weighted by molar-refractivity contribution is 5.61. The zero-order valence-electron chi connectivity index (χ0n) is 8.02. The molecule has 0 radical (unpaired) electrons. The van der Waals surface area contributed by atoms with E-state index in [0.29, 0.717) is 13.0 Å². The van der Waals surface area contributed by atoms with Crippen molar-refractivity contribution in [2.24, 2.45) is 5.73 Å². The fraction of sp³-hybridized carbons (Fsp3) is 0.200. The molecule has 0 aliphatic rings. The zero-order valence-corrected chi connectivity index (χ0v) is 8.02. The van der Waals surface area contributed by atoms with Crippen LogP contribution in [0.5, 0.6) is 0 Å². The van der Waals surface area contributed by atoms with Crippen LogP contribution < -0.4 is 5.73 Å². The fourth-order valence-electron chi connectivity index (χ4n) is 1.17. The van der Waals surface area contributed by atoms with Crippen LogP contribution in [0.25, 0.3) is 6.08 Å². The van der Waals surface area contributed by atoms with Gasteiger partial charge in [-0.2, -0.15) is 4.39 Å². The third-order valence-corrected chi connectivity index (χ3v) is 1.83. The average Bonchev–Trinajstić information content (AvgIpc) is 2.17. The molecule has 80 valence electrons. The smallest absolute Gasteiger partial charge is 0.311 e. The predicted molar refractivity (Wildman–Crippen MR) is 55.8 cm³/mol. The number of para-hydroxylation sites is 1. The lowest BCUT2D eigenvalue weighted by Crippen LogP contribution is -1.96. The van der Waals surface area contributed by atoms with Gasteiger partial charge in [0.05, 0.1) is 10.5 Å². The molecule has 0 aliphatic carbocycles. The quantitative estimate of drug-likeness (QED) is 0.611. The maximum absolute atomic E-state index is 13.1. The van der Waals surface area contributed by atoms with Gasteiger partial charge in [0.2, 0.25) is 5.82 Å². The van der Waals surface area contributed by atoms with Crippen LogP contribution in [0.4, 0.5) is 10.1 Å². The molecule has 0 aliphatic heterocycles. The van der Waals surface area contributed by atoms with Crippen LogP contribution in [0, 0.1) is 15.9 Å². The molecule has 0 unspecified atom stereocenters. The number of nitro benzene ring substituents is 1. The van der Waals surface area contributed by atoms with Gasteiger partial charge in [-0.25, -0.2) is 0 Å². The Balaban J connectivity index is 3.06. The SMILES string of the molecule is NCCC=Cc1cccc(F)c1[N+](=O)[O-]. The van der Waals surface area contributed by atoms with Crippen molar-refractivity contribution in [3.8, 4) is 0 Å². The number of nitrogens with two attached hydrogens (primary N) is 1. The van der Waals surface area contributed by atoms with E-state index in [1.165, 1.54) is 18.2 Å². The Kier molecular flexibility index (Phi) is 3.93. The second-order valence-electron chi connectivity index (χ2n) is 2.91. The first-order valence-electron chi connectivity index (χ1n) is 4.46. The number of hydrogen-bond donors (Lipinski definition) is 1. The van der Waals surface area contributed by atoms with Crippen LogP contribution in [0.1, 0.15) is 12.0 Å². The highest BCUT2D eigenvalue weighted by atomic mass is 19.1. The van der Waals surface area contributed by atoms with Crippen molar-refractivity contribution >= 4 is 11.8 Å². The second kappa shape index (κ2) is 5.21. The van der Waals surface area contributed by atoms with Gasteiger partial charge in [-0.05, 0) is 25.1 Å². The molecule has 4 nitrogen and oxygen atoms in total. The molecule has 0 amide bonds. The van der Waals surface area contributed by atoms with Crippen molar-refractivity contribution in [2.45, 2.75) is 6.42 Å². The molecule has 1 rings (SSSR count). The number of rotatable bonds is 4. The summed E-state index contributed by atoms with van der Waals surface area (Å²) in [7, 11) is 0. The first-order chi connectivity index (χ1) is 7.16. The van der Waals surface area contributed by atoms with Crippen molar-refractivity contribution in [3.05, 3.63) is 45.8 Å². The van der Waals surface area contributed by atoms with Gasteiger partial charge in [0, 0.05) is 0 Å². The number of hydrogen-bond acceptors (Lipinski definition) is 3. The van der Waals surface area contributed by atoms with Crippen molar-refractivity contribution in [3.63, 3.8) is 0 Å². The monoisotopic (exact) mass is 210 g/mol. The zero-order chi connectivity index (χ0) is 11.3. The molecule has 0 atom stereocenters. The molecule has 0 fully saturated rings. The van der Waals surface area contributed by atoms with Crippen molar-refractivity contribution < 1.29 is 9.31 Å². The summed E-state index contributed by atoms with van der Waals surface area (Å²) in [6, 6.07) is 4.00. The molecule has 5 heteroatoms. The fourth-order valence-corrected chi connectivity index (χ4v) is 1.17. The van der Waals surface area contributed by atoms with E-state index < -0.39 is 16.4 Å². The first kappa shape index (κ1) is 11.3. The summed E-state index contributed by atoms with van der Waals surface area (Å²) in [4.78, 5) is 9.86. The number of halogens is 1. The molecule has 1 aromatic carbocycles. The minimum Gasteiger partial charge on any atom is -0.330 e. The molecular weight excluding hydrogens is 199 g/mol. The Labute approximate surface area is 86.4 Å². The van der Waals surface area contributed by atoms with Gasteiger partial charge in [0.25, 0.3) is 0 Å². The van der Waals surface area contributed by atoms with Gasteiger partial charge in [-0.15, -0.1) is 0 Å². The van der Waals surface area contributed by atoms with Crippen LogP contribution in [0.2, 0.25) is 0 Å². The van der Waals surface area contributed by atoms with Gasteiger partial charge >= 0.3 is 5.69 Å². The molecule has 0 saturated carbocycles. The summed E-state index contributed by atoms with van der Waals surface area (Å²) < 4.78 is 13.1. The highest BCUT2D eigenvalue weighted by Gasteiger charge is 2.17. The summed E-state index contributed by atoms with van der Waals surface area (Å²) in [6.45, 7) is 0.458. The molecule has 1 aromatic rings. The normalized spacial score (nSPS) is 10.8. The Morgan fingerprint density at radius 3 is 2.87 bits per heavy atom. The topological polar surface area (TPSA) is 69.2 Å². The molecule has 0 bridgehead atoms. The van der Waals surface area contributed by atoms with Gasteiger partial charge in [0.15, 0.2) is 0 Å². The predicted octanol–water partition coefficient (Wildman–Crippen LogP) is 2.10. The maximum atomic E-state index is 13.1. The van der Waals surface area contributed by atoms with Gasteiger partial charge < -0.3 is 5.73 Å². The Morgan fingerprint density at radius 2 is 2.27 bits per heavy atom. The Morgan fingerprint density at radius 1 is 1.53 bits per heavy atom. The number of nitro groups is 1. The van der Waals surface area contributed by atoms with E-state index >= 15 is 0 Å². The van der Waals surface area contributed by atoms with Crippen LogP contribution >= 0.6 is 0 Å². The second-order valence-corrected chi connectivity index (χ2v) is 2.91. The molecule has 0 aromatic heterocycles. The van der Waals surface area contributed by atoms with E-state index in [1.807, 2.05) is 0 Å². The Hall–Kier alpha value is -1.75. The summed E-state index contributed by atoms with van der Waals surface area (Å²) >= 11 is 0. The summed E-state index contributed by atoms with van der Waals surface area (Å²) in [5.74, 6) is -0.824. The summed E-state index contributed by atoms with van der Waals surface area (Å²) in [5, 5.41) is 10.6. The lowest BCUT2D eigenvalue weighted by Gasteiger charge is -1.98. The lowest BCUT2D eigenvalue weighted by atomic mass is 10.1. The van der Waals surface area contributed by atoms with E-state index in [4.69, 9.17) is 5.73 Å². The van der Waals surface area contributed by atoms with Gasteiger partial charge in [-0.1, -0.05) is 18.2 Å². The third kappa shape index (κ3) is 2.85. The van der Waals surface area contributed by atoms with Gasteiger partial charge in [0.1, 0.15) is 0 Å². The van der Waals surface area contributed by atoms with Crippen molar-refractivity contribution in [1.82, 2.24) is 0 Å². The van der Waals surface area contributed by atoms with Crippen LogP contribution in [0.3, 0.4) is 0 Å².